The molecule has 0 spiro atoms. The van der Waals surface area contributed by atoms with Crippen LogP contribution in [0.2, 0.25) is 0 Å². The Balaban J connectivity index is 1.56. The molecule has 8 heteroatoms. The molecular weight excluding hydrogens is 322 g/mol. The maximum Gasteiger partial charge on any atom is 0.277 e. The number of methoxy groups -OCH3 is 1. The van der Waals surface area contributed by atoms with Crippen molar-refractivity contribution in [2.24, 2.45) is 4.99 Å². The minimum atomic E-state index is -0.584. The molecule has 2 aromatic rings. The largest absolute Gasteiger partial charge is 0.497 e. The second-order valence-electron chi connectivity index (χ2n) is 6.07. The SMILES string of the molecule is COc1ccc2[nH]c3c(c2c1)CN(C1N=CC(C(=O)NO)=CN1)CC3. The highest BCUT2D eigenvalue weighted by atomic mass is 16.5. The van der Waals surface area contributed by atoms with Gasteiger partial charge in [-0.1, -0.05) is 0 Å². The number of hydroxylamine groups is 1. The highest BCUT2D eigenvalue weighted by Crippen LogP contribution is 2.31. The summed E-state index contributed by atoms with van der Waals surface area (Å²) in [6, 6.07) is 6.04. The predicted molar refractivity (Wildman–Crippen MR) is 92.4 cm³/mol. The molecule has 4 rings (SSSR count). The molecule has 25 heavy (non-hydrogen) atoms. The van der Waals surface area contributed by atoms with Gasteiger partial charge in [-0.2, -0.15) is 0 Å². The quantitative estimate of drug-likeness (QED) is 0.490. The van der Waals surface area contributed by atoms with Crippen LogP contribution < -0.4 is 15.5 Å². The fourth-order valence-electron chi connectivity index (χ4n) is 3.33. The van der Waals surface area contributed by atoms with E-state index in [-0.39, 0.29) is 11.9 Å². The van der Waals surface area contributed by atoms with E-state index in [9.17, 15) is 4.79 Å². The summed E-state index contributed by atoms with van der Waals surface area (Å²) in [5.41, 5.74) is 5.49. The normalized spacial score (nSPS) is 19.9. The van der Waals surface area contributed by atoms with Crippen molar-refractivity contribution >= 4 is 23.0 Å². The molecule has 1 aromatic heterocycles. The molecular formula is C17H19N5O3. The lowest BCUT2D eigenvalue weighted by molar-refractivity contribution is -0.124. The van der Waals surface area contributed by atoms with Crippen molar-refractivity contribution in [3.8, 4) is 5.75 Å². The van der Waals surface area contributed by atoms with Crippen molar-refractivity contribution in [2.45, 2.75) is 19.3 Å². The zero-order valence-corrected chi connectivity index (χ0v) is 13.7. The van der Waals surface area contributed by atoms with Crippen LogP contribution in [0.4, 0.5) is 0 Å². The molecule has 1 amide bonds. The molecule has 130 valence electrons. The lowest BCUT2D eigenvalue weighted by Crippen LogP contribution is -2.46. The Labute approximate surface area is 144 Å². The van der Waals surface area contributed by atoms with Crippen LogP contribution in [-0.2, 0) is 17.8 Å². The van der Waals surface area contributed by atoms with Crippen LogP contribution in [0.25, 0.3) is 10.9 Å². The molecule has 0 aliphatic carbocycles. The Bertz CT molecular complexity index is 886. The van der Waals surface area contributed by atoms with E-state index in [0.717, 1.165) is 36.2 Å². The molecule has 0 fully saturated rings. The molecule has 1 unspecified atom stereocenters. The molecule has 1 atom stereocenters. The monoisotopic (exact) mass is 341 g/mol. The predicted octanol–water partition coefficient (Wildman–Crippen LogP) is 0.881. The molecule has 1 aromatic carbocycles. The fourth-order valence-corrected chi connectivity index (χ4v) is 3.33. The number of H-pyrrole nitrogens is 1. The Hall–Kier alpha value is -2.84. The number of amides is 1. The van der Waals surface area contributed by atoms with Gasteiger partial charge >= 0.3 is 0 Å². The van der Waals surface area contributed by atoms with Crippen LogP contribution in [0.5, 0.6) is 5.75 Å². The lowest BCUT2D eigenvalue weighted by atomic mass is 10.0. The first-order valence-electron chi connectivity index (χ1n) is 8.05. The average molecular weight is 341 g/mol. The Morgan fingerprint density at radius 2 is 2.36 bits per heavy atom. The van der Waals surface area contributed by atoms with Crippen molar-refractivity contribution in [1.29, 1.82) is 0 Å². The van der Waals surface area contributed by atoms with E-state index < -0.39 is 5.91 Å². The molecule has 3 heterocycles. The summed E-state index contributed by atoms with van der Waals surface area (Å²) in [6.07, 6.45) is 3.70. The van der Waals surface area contributed by atoms with Gasteiger partial charge in [0.2, 0.25) is 0 Å². The third kappa shape index (κ3) is 2.75. The summed E-state index contributed by atoms with van der Waals surface area (Å²) in [7, 11) is 1.67. The van der Waals surface area contributed by atoms with Gasteiger partial charge < -0.3 is 15.0 Å². The summed E-state index contributed by atoms with van der Waals surface area (Å²) in [6.45, 7) is 1.59. The highest BCUT2D eigenvalue weighted by Gasteiger charge is 2.26. The van der Waals surface area contributed by atoms with E-state index in [4.69, 9.17) is 9.94 Å². The summed E-state index contributed by atoms with van der Waals surface area (Å²) in [5, 5.41) is 12.9. The Kier molecular flexibility index (Phi) is 3.90. The van der Waals surface area contributed by atoms with Crippen LogP contribution in [0.15, 0.2) is 35.0 Å². The molecule has 4 N–H and O–H groups in total. The first kappa shape index (κ1) is 15.7. The summed E-state index contributed by atoms with van der Waals surface area (Å²) >= 11 is 0. The minimum absolute atomic E-state index is 0.237. The number of fused-ring (bicyclic) bond motifs is 3. The number of aliphatic imine (C=N–C) groups is 1. The van der Waals surface area contributed by atoms with Crippen molar-refractivity contribution < 1.29 is 14.7 Å². The second kappa shape index (κ2) is 6.23. The third-order valence-electron chi connectivity index (χ3n) is 4.66. The lowest BCUT2D eigenvalue weighted by Gasteiger charge is -2.33. The van der Waals surface area contributed by atoms with Crippen molar-refractivity contribution in [2.75, 3.05) is 13.7 Å². The van der Waals surface area contributed by atoms with Gasteiger partial charge in [-0.25, -0.2) is 5.48 Å². The van der Waals surface area contributed by atoms with Gasteiger partial charge in [0.15, 0.2) is 6.29 Å². The fraction of sp³-hybridized carbons (Fsp3) is 0.294. The number of carbonyl (C=O) groups is 1. The topological polar surface area (TPSA) is 102 Å². The molecule has 0 radical (unpaired) electrons. The van der Waals surface area contributed by atoms with Gasteiger partial charge in [-0.3, -0.25) is 19.9 Å². The van der Waals surface area contributed by atoms with E-state index in [0.29, 0.717) is 0 Å². The Morgan fingerprint density at radius 1 is 1.48 bits per heavy atom. The van der Waals surface area contributed by atoms with Gasteiger partial charge in [0.25, 0.3) is 5.91 Å². The number of benzene rings is 1. The number of aromatic nitrogens is 1. The van der Waals surface area contributed by atoms with Crippen LogP contribution in [0, 0.1) is 0 Å². The molecule has 2 aliphatic heterocycles. The number of hydrogen-bond acceptors (Lipinski definition) is 6. The zero-order valence-electron chi connectivity index (χ0n) is 13.7. The molecule has 0 bridgehead atoms. The van der Waals surface area contributed by atoms with Gasteiger partial charge in [0, 0.05) is 48.5 Å². The third-order valence-corrected chi connectivity index (χ3v) is 4.66. The van der Waals surface area contributed by atoms with Crippen molar-refractivity contribution in [3.05, 3.63) is 41.2 Å². The first-order chi connectivity index (χ1) is 12.2. The number of hydrogen-bond donors (Lipinski definition) is 4. The van der Waals surface area contributed by atoms with E-state index in [1.54, 1.807) is 18.8 Å². The average Bonchev–Trinajstić information content (AvgIpc) is 3.04. The smallest absolute Gasteiger partial charge is 0.277 e. The second-order valence-corrected chi connectivity index (χ2v) is 6.07. The van der Waals surface area contributed by atoms with Crippen LogP contribution in [0.1, 0.15) is 11.3 Å². The van der Waals surface area contributed by atoms with Crippen molar-refractivity contribution in [1.82, 2.24) is 20.7 Å². The number of carbonyl (C=O) groups excluding carboxylic acids is 1. The number of ether oxygens (including phenoxy) is 1. The first-order valence-corrected chi connectivity index (χ1v) is 8.05. The molecule has 2 aliphatic rings. The number of rotatable bonds is 3. The summed E-state index contributed by atoms with van der Waals surface area (Å²) in [4.78, 5) is 21.5. The maximum absolute atomic E-state index is 11.4. The Morgan fingerprint density at radius 3 is 3.08 bits per heavy atom. The van der Waals surface area contributed by atoms with E-state index in [2.05, 4.69) is 26.3 Å². The van der Waals surface area contributed by atoms with Gasteiger partial charge in [0.1, 0.15) is 5.75 Å². The zero-order chi connectivity index (χ0) is 17.4. The maximum atomic E-state index is 11.4. The summed E-state index contributed by atoms with van der Waals surface area (Å²) in [5.74, 6) is 0.252. The van der Waals surface area contributed by atoms with E-state index in [1.807, 2.05) is 12.1 Å². The number of nitrogens with one attached hydrogen (secondary N) is 3. The van der Waals surface area contributed by atoms with Gasteiger partial charge in [-0.15, -0.1) is 0 Å². The van der Waals surface area contributed by atoms with E-state index in [1.165, 1.54) is 17.5 Å². The highest BCUT2D eigenvalue weighted by molar-refractivity contribution is 6.11. The van der Waals surface area contributed by atoms with Gasteiger partial charge in [-0.05, 0) is 23.8 Å². The number of nitrogens with zero attached hydrogens (tertiary/aromatic N) is 2. The van der Waals surface area contributed by atoms with Crippen molar-refractivity contribution in [3.63, 3.8) is 0 Å². The molecule has 8 nitrogen and oxygen atoms in total. The minimum Gasteiger partial charge on any atom is -0.497 e. The number of aromatic amines is 1. The van der Waals surface area contributed by atoms with Crippen LogP contribution in [-0.4, -0.2) is 47.2 Å². The van der Waals surface area contributed by atoms with Crippen LogP contribution >= 0.6 is 0 Å². The standard InChI is InChI=1S/C17H19N5O3/c1-25-11-2-3-14-12(6-11)13-9-22(5-4-15(13)20-14)17-18-7-10(8-19-17)16(23)21-24/h2-3,6-8,17-18,20,24H,4-5,9H2,1H3,(H,21,23). The van der Waals surface area contributed by atoms with Crippen LogP contribution in [0.3, 0.4) is 0 Å². The molecule has 0 saturated carbocycles. The molecule has 0 saturated heterocycles. The summed E-state index contributed by atoms with van der Waals surface area (Å²) < 4.78 is 5.34. The van der Waals surface area contributed by atoms with E-state index >= 15 is 0 Å². The van der Waals surface area contributed by atoms with Gasteiger partial charge in [0.05, 0.1) is 12.7 Å².